The Morgan fingerprint density at radius 2 is 2.00 bits per heavy atom. The van der Waals surface area contributed by atoms with Gasteiger partial charge in [-0.25, -0.2) is 0 Å². The van der Waals surface area contributed by atoms with Gasteiger partial charge in [0.1, 0.15) is 0 Å². The summed E-state index contributed by atoms with van der Waals surface area (Å²) >= 11 is 11.9. The van der Waals surface area contributed by atoms with Crippen LogP contribution in [0.15, 0.2) is 18.2 Å². The Labute approximate surface area is 134 Å². The van der Waals surface area contributed by atoms with E-state index in [1.54, 1.807) is 44.1 Å². The van der Waals surface area contributed by atoms with Crippen LogP contribution in [0, 0.1) is 0 Å². The van der Waals surface area contributed by atoms with E-state index in [0.29, 0.717) is 28.7 Å². The Hall–Kier alpha value is -1.30. The lowest BCUT2D eigenvalue weighted by molar-refractivity contribution is -0.123. The zero-order valence-electron chi connectivity index (χ0n) is 12.2. The molecule has 0 saturated carbocycles. The molecule has 0 saturated heterocycles. The molecule has 0 aromatic heterocycles. The van der Waals surface area contributed by atoms with Gasteiger partial charge in [0.15, 0.2) is 0 Å². The number of hydrogen-bond acceptors (Lipinski definition) is 3. The summed E-state index contributed by atoms with van der Waals surface area (Å²) < 4.78 is 0. The zero-order chi connectivity index (χ0) is 16.0. The van der Waals surface area contributed by atoms with Crippen molar-refractivity contribution in [3.05, 3.63) is 28.2 Å². The van der Waals surface area contributed by atoms with Crippen LogP contribution >= 0.6 is 23.2 Å². The monoisotopic (exact) mass is 331 g/mol. The first kappa shape index (κ1) is 17.8. The fourth-order valence-corrected chi connectivity index (χ4v) is 1.96. The summed E-state index contributed by atoms with van der Waals surface area (Å²) in [5.74, 6) is -0.272. The number of anilines is 1. The molecule has 1 rings (SSSR count). The minimum Gasteiger partial charge on any atom is -0.359 e. The van der Waals surface area contributed by atoms with Crippen molar-refractivity contribution in [2.75, 3.05) is 26.0 Å². The van der Waals surface area contributed by atoms with Crippen molar-refractivity contribution in [1.82, 2.24) is 10.2 Å². The number of halogens is 2. The molecule has 1 aromatic carbocycles. The highest BCUT2D eigenvalue weighted by molar-refractivity contribution is 6.35. The number of carbonyl (C=O) groups excluding carboxylic acids is 2. The average Bonchev–Trinajstić information content (AvgIpc) is 2.47. The molecule has 1 atom stereocenters. The lowest BCUT2D eigenvalue weighted by Crippen LogP contribution is -2.41. The number of amides is 2. The van der Waals surface area contributed by atoms with E-state index < -0.39 is 6.04 Å². The summed E-state index contributed by atoms with van der Waals surface area (Å²) in [6.45, 7) is 2.25. The Morgan fingerprint density at radius 1 is 1.33 bits per heavy atom. The van der Waals surface area contributed by atoms with Gasteiger partial charge in [-0.1, -0.05) is 23.2 Å². The molecular formula is C14H19Cl2N3O2. The average molecular weight is 332 g/mol. The first-order valence-corrected chi connectivity index (χ1v) is 7.27. The molecule has 0 fully saturated rings. The molecular weight excluding hydrogens is 313 g/mol. The topological polar surface area (TPSA) is 61.4 Å². The van der Waals surface area contributed by atoms with Gasteiger partial charge in [0, 0.05) is 25.0 Å². The van der Waals surface area contributed by atoms with Gasteiger partial charge in [-0.05, 0) is 32.2 Å². The molecule has 0 radical (unpaired) electrons. The highest BCUT2D eigenvalue weighted by Gasteiger charge is 2.19. The van der Waals surface area contributed by atoms with Crippen molar-refractivity contribution in [3.8, 4) is 0 Å². The summed E-state index contributed by atoms with van der Waals surface area (Å²) in [5.41, 5.74) is 0.473. The zero-order valence-corrected chi connectivity index (χ0v) is 13.8. The molecule has 1 aromatic rings. The molecule has 5 nitrogen and oxygen atoms in total. The maximum atomic E-state index is 12.2. The second kappa shape index (κ2) is 8.22. The smallest absolute Gasteiger partial charge is 0.241 e. The fraction of sp³-hybridized carbons (Fsp3) is 0.429. The number of hydrogen-bond donors (Lipinski definition) is 2. The van der Waals surface area contributed by atoms with Gasteiger partial charge in [0.2, 0.25) is 11.8 Å². The van der Waals surface area contributed by atoms with Crippen molar-refractivity contribution >= 4 is 40.7 Å². The quantitative estimate of drug-likeness (QED) is 0.841. The van der Waals surface area contributed by atoms with Crippen LogP contribution < -0.4 is 10.6 Å². The van der Waals surface area contributed by atoms with E-state index >= 15 is 0 Å². The second-order valence-corrected chi connectivity index (χ2v) is 5.54. The summed E-state index contributed by atoms with van der Waals surface area (Å²) in [4.78, 5) is 25.2. The molecule has 0 aliphatic rings. The standard InChI is InChI=1S/C14H19Cl2N3O2/c1-9(19(3)7-6-13(20)17-2)14(21)18-12-8-10(15)4-5-11(12)16/h4-5,8-9H,6-7H2,1-3H3,(H,17,20)(H,18,21)/t9-/m1/s1. The van der Waals surface area contributed by atoms with E-state index in [1.807, 2.05) is 0 Å². The number of rotatable bonds is 6. The first-order chi connectivity index (χ1) is 9.85. The molecule has 0 bridgehead atoms. The maximum Gasteiger partial charge on any atom is 0.241 e. The maximum absolute atomic E-state index is 12.2. The third-order valence-electron chi connectivity index (χ3n) is 3.20. The number of benzene rings is 1. The number of carbonyl (C=O) groups is 2. The van der Waals surface area contributed by atoms with Gasteiger partial charge in [-0.3, -0.25) is 14.5 Å². The lowest BCUT2D eigenvalue weighted by atomic mass is 10.2. The highest BCUT2D eigenvalue weighted by Crippen LogP contribution is 2.25. The Balaban J connectivity index is 2.61. The molecule has 2 N–H and O–H groups in total. The van der Waals surface area contributed by atoms with Crippen LogP contribution in [0.4, 0.5) is 5.69 Å². The molecule has 0 aliphatic carbocycles. The predicted molar refractivity (Wildman–Crippen MR) is 85.9 cm³/mol. The van der Waals surface area contributed by atoms with E-state index in [4.69, 9.17) is 23.2 Å². The van der Waals surface area contributed by atoms with E-state index in [0.717, 1.165) is 0 Å². The van der Waals surface area contributed by atoms with Gasteiger partial charge in [0.25, 0.3) is 0 Å². The minimum atomic E-state index is -0.398. The lowest BCUT2D eigenvalue weighted by Gasteiger charge is -2.23. The molecule has 21 heavy (non-hydrogen) atoms. The summed E-state index contributed by atoms with van der Waals surface area (Å²) in [6.07, 6.45) is 0.336. The van der Waals surface area contributed by atoms with Crippen LogP contribution in [-0.4, -0.2) is 43.4 Å². The normalized spacial score (nSPS) is 12.1. The number of likely N-dealkylation sites (N-methyl/N-ethyl adjacent to an activating group) is 1. The van der Waals surface area contributed by atoms with Crippen LogP contribution in [0.25, 0.3) is 0 Å². The summed E-state index contributed by atoms with van der Waals surface area (Å²) in [5, 5.41) is 6.20. The Bertz CT molecular complexity index is 523. The van der Waals surface area contributed by atoms with Crippen LogP contribution in [0.1, 0.15) is 13.3 Å². The van der Waals surface area contributed by atoms with Gasteiger partial charge in [0.05, 0.1) is 16.8 Å². The third kappa shape index (κ3) is 5.53. The minimum absolute atomic E-state index is 0.0626. The molecule has 116 valence electrons. The van der Waals surface area contributed by atoms with Crippen LogP contribution in [0.5, 0.6) is 0 Å². The molecule has 0 heterocycles. The molecule has 7 heteroatoms. The van der Waals surface area contributed by atoms with Crippen LogP contribution in [0.3, 0.4) is 0 Å². The van der Waals surface area contributed by atoms with Crippen molar-refractivity contribution in [2.24, 2.45) is 0 Å². The van der Waals surface area contributed by atoms with Crippen LogP contribution in [0.2, 0.25) is 10.0 Å². The SMILES string of the molecule is CNC(=O)CCN(C)[C@H](C)C(=O)Nc1cc(Cl)ccc1Cl. The Morgan fingerprint density at radius 3 is 2.62 bits per heavy atom. The highest BCUT2D eigenvalue weighted by atomic mass is 35.5. The molecule has 2 amide bonds. The third-order valence-corrected chi connectivity index (χ3v) is 3.76. The van der Waals surface area contributed by atoms with Crippen molar-refractivity contribution in [3.63, 3.8) is 0 Å². The molecule has 0 unspecified atom stereocenters. The van der Waals surface area contributed by atoms with Gasteiger partial charge in [-0.15, -0.1) is 0 Å². The summed E-state index contributed by atoms with van der Waals surface area (Å²) in [6, 6.07) is 4.47. The van der Waals surface area contributed by atoms with Gasteiger partial charge >= 0.3 is 0 Å². The van der Waals surface area contributed by atoms with Gasteiger partial charge < -0.3 is 10.6 Å². The Kier molecular flexibility index (Phi) is 6.95. The number of nitrogens with zero attached hydrogens (tertiary/aromatic N) is 1. The van der Waals surface area contributed by atoms with Crippen molar-refractivity contribution in [1.29, 1.82) is 0 Å². The second-order valence-electron chi connectivity index (χ2n) is 4.69. The van der Waals surface area contributed by atoms with E-state index in [2.05, 4.69) is 10.6 Å². The molecule has 0 aliphatic heterocycles. The first-order valence-electron chi connectivity index (χ1n) is 6.52. The number of nitrogens with one attached hydrogen (secondary N) is 2. The van der Waals surface area contributed by atoms with E-state index in [-0.39, 0.29) is 11.8 Å². The van der Waals surface area contributed by atoms with Crippen molar-refractivity contribution in [2.45, 2.75) is 19.4 Å². The van der Waals surface area contributed by atoms with E-state index in [9.17, 15) is 9.59 Å². The van der Waals surface area contributed by atoms with E-state index in [1.165, 1.54) is 0 Å². The largest absolute Gasteiger partial charge is 0.359 e. The van der Waals surface area contributed by atoms with Crippen LogP contribution in [-0.2, 0) is 9.59 Å². The summed E-state index contributed by atoms with van der Waals surface area (Å²) in [7, 11) is 3.37. The molecule has 0 spiro atoms. The predicted octanol–water partition coefficient (Wildman–Crippen LogP) is 2.39. The van der Waals surface area contributed by atoms with Gasteiger partial charge in [-0.2, -0.15) is 0 Å². The van der Waals surface area contributed by atoms with Crippen molar-refractivity contribution < 1.29 is 9.59 Å². The fourth-order valence-electron chi connectivity index (χ4n) is 1.63.